The molecule has 0 saturated carbocycles. The number of hydrogen-bond donors (Lipinski definition) is 0. The fourth-order valence-corrected chi connectivity index (χ4v) is 3.20. The Hall–Kier alpha value is -3.07. The summed E-state index contributed by atoms with van der Waals surface area (Å²) >= 11 is 2.02. The highest BCUT2D eigenvalue weighted by Gasteiger charge is 2.28. The topological polar surface area (TPSA) is 86.5 Å². The first-order chi connectivity index (χ1) is 13.5. The SMILES string of the molecule is O=C(O[C@H](C(=O)c1ccccc1)c1ccc([N+](=O)[O-])cc1)c1ccccc1I. The number of hydrogen-bond acceptors (Lipinski definition) is 5. The highest BCUT2D eigenvalue weighted by molar-refractivity contribution is 14.1. The van der Waals surface area contributed by atoms with Crippen LogP contribution in [-0.2, 0) is 4.74 Å². The fourth-order valence-electron chi connectivity index (χ4n) is 2.59. The molecule has 140 valence electrons. The number of ketones is 1. The van der Waals surface area contributed by atoms with Gasteiger partial charge < -0.3 is 4.74 Å². The van der Waals surface area contributed by atoms with Crippen LogP contribution in [0, 0.1) is 13.7 Å². The molecule has 3 rings (SSSR count). The van der Waals surface area contributed by atoms with Crippen LogP contribution in [0.5, 0.6) is 0 Å². The van der Waals surface area contributed by atoms with Crippen molar-refractivity contribution in [3.05, 3.63) is 109 Å². The van der Waals surface area contributed by atoms with E-state index in [1.807, 2.05) is 22.6 Å². The van der Waals surface area contributed by atoms with Gasteiger partial charge in [-0.15, -0.1) is 0 Å². The predicted octanol–water partition coefficient (Wildman–Crippen LogP) is 4.98. The van der Waals surface area contributed by atoms with Crippen LogP contribution >= 0.6 is 22.6 Å². The summed E-state index contributed by atoms with van der Waals surface area (Å²) in [5, 5.41) is 10.9. The van der Waals surface area contributed by atoms with Crippen molar-refractivity contribution in [2.45, 2.75) is 6.10 Å². The van der Waals surface area contributed by atoms with Crippen LogP contribution in [0.2, 0.25) is 0 Å². The standard InChI is InChI=1S/C21H14INO5/c22-18-9-5-4-8-17(18)21(25)28-20(19(24)14-6-2-1-3-7-14)15-10-12-16(13-11-15)23(26)27/h1-13,20H/t20-/m0/s1. The quantitative estimate of drug-likeness (QED) is 0.161. The van der Waals surface area contributed by atoms with Crippen LogP contribution < -0.4 is 0 Å². The van der Waals surface area contributed by atoms with Crippen LogP contribution in [0.4, 0.5) is 5.69 Å². The largest absolute Gasteiger partial charge is 0.445 e. The smallest absolute Gasteiger partial charge is 0.340 e. The molecule has 0 spiro atoms. The van der Waals surface area contributed by atoms with Gasteiger partial charge in [0.15, 0.2) is 6.10 Å². The van der Waals surface area contributed by atoms with Crippen LogP contribution in [0.1, 0.15) is 32.4 Å². The van der Waals surface area contributed by atoms with Gasteiger partial charge in [-0.1, -0.05) is 42.5 Å². The number of halogens is 1. The molecule has 0 heterocycles. The zero-order valence-electron chi connectivity index (χ0n) is 14.4. The number of nitro groups is 1. The lowest BCUT2D eigenvalue weighted by atomic mass is 9.99. The molecule has 3 aromatic carbocycles. The van der Waals surface area contributed by atoms with Gasteiger partial charge in [0.1, 0.15) is 0 Å². The van der Waals surface area contributed by atoms with E-state index >= 15 is 0 Å². The van der Waals surface area contributed by atoms with E-state index in [4.69, 9.17) is 4.74 Å². The van der Waals surface area contributed by atoms with Crippen molar-refractivity contribution in [1.29, 1.82) is 0 Å². The molecular formula is C21H14INO5. The lowest BCUT2D eigenvalue weighted by molar-refractivity contribution is -0.384. The zero-order chi connectivity index (χ0) is 20.1. The molecule has 28 heavy (non-hydrogen) atoms. The molecule has 0 aliphatic heterocycles. The lowest BCUT2D eigenvalue weighted by Crippen LogP contribution is -2.21. The maximum Gasteiger partial charge on any atom is 0.340 e. The maximum atomic E-state index is 13.0. The summed E-state index contributed by atoms with van der Waals surface area (Å²) < 4.78 is 6.25. The van der Waals surface area contributed by atoms with E-state index in [0.29, 0.717) is 20.3 Å². The van der Waals surface area contributed by atoms with Crippen molar-refractivity contribution in [1.82, 2.24) is 0 Å². The first kappa shape index (κ1) is 19.7. The Bertz CT molecular complexity index is 1020. The molecule has 0 aromatic heterocycles. The van der Waals surface area contributed by atoms with Crippen molar-refractivity contribution in [3.8, 4) is 0 Å². The number of ether oxygens (including phenoxy) is 1. The summed E-state index contributed by atoms with van der Waals surface area (Å²) in [6, 6.07) is 20.7. The van der Waals surface area contributed by atoms with Gasteiger partial charge in [0.25, 0.3) is 5.69 Å². The number of non-ortho nitro benzene ring substituents is 1. The summed E-state index contributed by atoms with van der Waals surface area (Å²) in [6.45, 7) is 0. The molecule has 0 amide bonds. The van der Waals surface area contributed by atoms with Gasteiger partial charge in [-0.05, 0) is 46.9 Å². The molecule has 0 bridgehead atoms. The summed E-state index contributed by atoms with van der Waals surface area (Å²) in [7, 11) is 0. The first-order valence-electron chi connectivity index (χ1n) is 8.26. The van der Waals surface area contributed by atoms with E-state index in [1.54, 1.807) is 54.6 Å². The van der Waals surface area contributed by atoms with E-state index in [1.165, 1.54) is 24.3 Å². The summed E-state index contributed by atoms with van der Waals surface area (Å²) in [4.78, 5) is 36.0. The first-order valence-corrected chi connectivity index (χ1v) is 9.34. The van der Waals surface area contributed by atoms with E-state index in [0.717, 1.165) is 0 Å². The molecule has 6 nitrogen and oxygen atoms in total. The number of benzene rings is 3. The fraction of sp³-hybridized carbons (Fsp3) is 0.0476. The highest BCUT2D eigenvalue weighted by atomic mass is 127. The Morgan fingerprint density at radius 2 is 1.50 bits per heavy atom. The van der Waals surface area contributed by atoms with E-state index in [2.05, 4.69) is 0 Å². The van der Waals surface area contributed by atoms with E-state index in [-0.39, 0.29) is 5.69 Å². The maximum absolute atomic E-state index is 13.0. The van der Waals surface area contributed by atoms with Gasteiger partial charge in [-0.25, -0.2) is 4.79 Å². The Morgan fingerprint density at radius 3 is 2.11 bits per heavy atom. The van der Waals surface area contributed by atoms with Crippen LogP contribution in [-0.4, -0.2) is 16.7 Å². The minimum Gasteiger partial charge on any atom is -0.445 e. The Morgan fingerprint density at radius 1 is 0.893 bits per heavy atom. The van der Waals surface area contributed by atoms with E-state index < -0.39 is 22.8 Å². The molecule has 0 saturated heterocycles. The summed E-state index contributed by atoms with van der Waals surface area (Å²) in [6.07, 6.45) is -1.22. The van der Waals surface area contributed by atoms with Gasteiger partial charge in [0, 0.05) is 26.8 Å². The molecule has 0 aliphatic carbocycles. The number of Topliss-reactive ketones (excluding diaryl/α,β-unsaturated/α-hetero) is 1. The Balaban J connectivity index is 1.97. The molecule has 7 heteroatoms. The zero-order valence-corrected chi connectivity index (χ0v) is 16.6. The number of nitrogens with zero attached hydrogens (tertiary/aromatic N) is 1. The van der Waals surface area contributed by atoms with Crippen molar-refractivity contribution < 1.29 is 19.2 Å². The van der Waals surface area contributed by atoms with Gasteiger partial charge in [0.2, 0.25) is 5.78 Å². The molecule has 0 radical (unpaired) electrons. The summed E-state index contributed by atoms with van der Waals surface area (Å²) in [5.41, 5.74) is 0.967. The van der Waals surface area contributed by atoms with Gasteiger partial charge in [0.05, 0.1) is 10.5 Å². The second-order valence-corrected chi connectivity index (χ2v) is 7.01. The number of rotatable bonds is 6. The Kier molecular flexibility index (Phi) is 6.15. The molecule has 0 N–H and O–H groups in total. The van der Waals surface area contributed by atoms with Gasteiger partial charge in [-0.2, -0.15) is 0 Å². The third-order valence-corrected chi connectivity index (χ3v) is 4.96. The van der Waals surface area contributed by atoms with Crippen LogP contribution in [0.15, 0.2) is 78.9 Å². The highest BCUT2D eigenvalue weighted by Crippen LogP contribution is 2.26. The van der Waals surface area contributed by atoms with Crippen molar-refractivity contribution in [3.63, 3.8) is 0 Å². The van der Waals surface area contributed by atoms with E-state index in [9.17, 15) is 19.7 Å². The third kappa shape index (κ3) is 4.42. The third-order valence-electron chi connectivity index (χ3n) is 4.02. The minimum atomic E-state index is -1.22. The molecule has 0 fully saturated rings. The minimum absolute atomic E-state index is 0.112. The monoisotopic (exact) mass is 487 g/mol. The van der Waals surface area contributed by atoms with Crippen molar-refractivity contribution >= 4 is 40.0 Å². The average Bonchev–Trinajstić information content (AvgIpc) is 2.72. The number of nitro benzene ring substituents is 1. The second-order valence-electron chi connectivity index (χ2n) is 5.84. The Labute approximate surface area is 174 Å². The number of carbonyl (C=O) groups excluding carboxylic acids is 2. The van der Waals surface area contributed by atoms with Crippen molar-refractivity contribution in [2.75, 3.05) is 0 Å². The van der Waals surface area contributed by atoms with Gasteiger partial charge in [-0.3, -0.25) is 14.9 Å². The van der Waals surface area contributed by atoms with Crippen molar-refractivity contribution in [2.24, 2.45) is 0 Å². The van der Waals surface area contributed by atoms with Gasteiger partial charge >= 0.3 is 5.97 Å². The average molecular weight is 487 g/mol. The molecular weight excluding hydrogens is 473 g/mol. The molecule has 3 aromatic rings. The number of carbonyl (C=O) groups is 2. The van der Waals surface area contributed by atoms with Crippen LogP contribution in [0.3, 0.4) is 0 Å². The molecule has 0 aliphatic rings. The second kappa shape index (κ2) is 8.75. The molecule has 0 unspecified atom stereocenters. The summed E-state index contributed by atoms with van der Waals surface area (Å²) in [5.74, 6) is -1.05. The lowest BCUT2D eigenvalue weighted by Gasteiger charge is -2.18. The normalized spacial score (nSPS) is 11.5. The number of esters is 1. The predicted molar refractivity (Wildman–Crippen MR) is 111 cm³/mol. The van der Waals surface area contributed by atoms with Crippen LogP contribution in [0.25, 0.3) is 0 Å². The molecule has 1 atom stereocenters.